The molecular weight excluding hydrogens is 196 g/mol. The average molecular weight is 208 g/mol. The summed E-state index contributed by atoms with van der Waals surface area (Å²) in [6, 6.07) is 0. The van der Waals surface area contributed by atoms with Crippen molar-refractivity contribution in [2.75, 3.05) is 0 Å². The number of hydrogen-bond donors (Lipinski definition) is 1. The Kier molecular flexibility index (Phi) is 2.08. The van der Waals surface area contributed by atoms with Gasteiger partial charge in [0.15, 0.2) is 11.2 Å². The predicted octanol–water partition coefficient (Wildman–Crippen LogP) is -0.532. The molecule has 2 heterocycles. The lowest BCUT2D eigenvalue weighted by Crippen LogP contribution is -2.16. The van der Waals surface area contributed by atoms with Gasteiger partial charge >= 0.3 is 0 Å². The van der Waals surface area contributed by atoms with Crippen molar-refractivity contribution in [3.63, 3.8) is 0 Å². The minimum Gasteiger partial charge on any atom is -0.388 e. The number of aliphatic hydroxyl groups is 1. The van der Waals surface area contributed by atoms with Gasteiger partial charge in [-0.15, -0.1) is 0 Å². The highest BCUT2D eigenvalue weighted by Gasteiger charge is 2.13. The Bertz CT molecular complexity index is 582. The van der Waals surface area contributed by atoms with Crippen molar-refractivity contribution >= 4 is 11.2 Å². The third kappa shape index (κ3) is 1.25. The van der Waals surface area contributed by atoms with E-state index in [-0.39, 0.29) is 12.2 Å². The third-order valence-corrected chi connectivity index (χ3v) is 2.58. The van der Waals surface area contributed by atoms with E-state index in [1.54, 1.807) is 30.2 Å². The van der Waals surface area contributed by atoms with Crippen LogP contribution >= 0.6 is 0 Å². The van der Waals surface area contributed by atoms with Gasteiger partial charge in [-0.05, 0) is 6.92 Å². The summed E-state index contributed by atoms with van der Waals surface area (Å²) in [5, 5.41) is 9.06. The van der Waals surface area contributed by atoms with E-state index in [9.17, 15) is 4.79 Å². The highest BCUT2D eigenvalue weighted by atomic mass is 16.3. The molecule has 0 aliphatic rings. The molecule has 0 saturated carbocycles. The zero-order chi connectivity index (χ0) is 11.2. The summed E-state index contributed by atoms with van der Waals surface area (Å²) in [4.78, 5) is 19.7. The summed E-state index contributed by atoms with van der Waals surface area (Å²) < 4.78 is 3.31. The van der Waals surface area contributed by atoms with Gasteiger partial charge in [-0.1, -0.05) is 0 Å². The van der Waals surface area contributed by atoms with Crippen LogP contribution in [0.5, 0.6) is 0 Å². The fraction of sp³-hybridized carbons (Fsp3) is 0.444. The molecular formula is C9H12N4O2. The van der Waals surface area contributed by atoms with Crippen LogP contribution in [0.3, 0.4) is 0 Å². The Labute approximate surface area is 85.8 Å². The molecule has 0 saturated heterocycles. The smallest absolute Gasteiger partial charge is 0.299 e. The second-order valence-electron chi connectivity index (χ2n) is 3.44. The Morgan fingerprint density at radius 3 is 2.53 bits per heavy atom. The zero-order valence-corrected chi connectivity index (χ0v) is 8.85. The van der Waals surface area contributed by atoms with Crippen molar-refractivity contribution in [3.8, 4) is 0 Å². The summed E-state index contributed by atoms with van der Waals surface area (Å²) in [5.41, 5.74) is 0.668. The molecule has 0 spiro atoms. The van der Waals surface area contributed by atoms with E-state index in [2.05, 4.69) is 9.97 Å². The van der Waals surface area contributed by atoms with Crippen LogP contribution in [0, 0.1) is 6.92 Å². The maximum atomic E-state index is 11.6. The molecule has 2 rings (SSSR count). The lowest BCUT2D eigenvalue weighted by molar-refractivity contribution is 0.268. The molecule has 1 N–H and O–H groups in total. The van der Waals surface area contributed by atoms with Crippen LogP contribution in [0.25, 0.3) is 11.2 Å². The molecule has 2 aromatic heterocycles. The van der Waals surface area contributed by atoms with E-state index >= 15 is 0 Å². The van der Waals surface area contributed by atoms with Gasteiger partial charge in [0.05, 0.1) is 0 Å². The molecule has 0 unspecified atom stereocenters. The molecule has 6 nitrogen and oxygen atoms in total. The molecule has 0 aliphatic carbocycles. The maximum Gasteiger partial charge on any atom is 0.299 e. The molecule has 6 heteroatoms. The maximum absolute atomic E-state index is 11.6. The highest BCUT2D eigenvalue weighted by molar-refractivity contribution is 5.71. The SMILES string of the molecule is Cc1nc(=O)c2c(nc(CO)n2C)n1C. The molecule has 0 radical (unpaired) electrons. The fourth-order valence-electron chi connectivity index (χ4n) is 1.57. The van der Waals surface area contributed by atoms with Crippen molar-refractivity contribution in [1.82, 2.24) is 19.1 Å². The van der Waals surface area contributed by atoms with Crippen molar-refractivity contribution in [2.45, 2.75) is 13.5 Å². The normalized spacial score (nSPS) is 11.2. The summed E-state index contributed by atoms with van der Waals surface area (Å²) in [7, 11) is 3.48. The Balaban J connectivity index is 3.00. The first-order chi connectivity index (χ1) is 7.06. The number of aromatic nitrogens is 4. The van der Waals surface area contributed by atoms with Gasteiger partial charge in [-0.2, -0.15) is 4.98 Å². The van der Waals surface area contributed by atoms with Crippen molar-refractivity contribution < 1.29 is 5.11 Å². The van der Waals surface area contributed by atoms with Crippen molar-refractivity contribution in [3.05, 3.63) is 22.0 Å². The summed E-state index contributed by atoms with van der Waals surface area (Å²) in [5.74, 6) is 1.07. The van der Waals surface area contributed by atoms with Crippen LogP contribution < -0.4 is 5.56 Å². The van der Waals surface area contributed by atoms with Gasteiger partial charge in [-0.25, -0.2) is 4.98 Å². The van der Waals surface area contributed by atoms with Crippen LogP contribution in [0.4, 0.5) is 0 Å². The first-order valence-electron chi connectivity index (χ1n) is 4.56. The number of aryl methyl sites for hydroxylation is 3. The van der Waals surface area contributed by atoms with Crippen molar-refractivity contribution in [1.29, 1.82) is 0 Å². The van der Waals surface area contributed by atoms with E-state index in [4.69, 9.17) is 5.11 Å². The number of imidazole rings is 1. The molecule has 0 bridgehead atoms. The Hall–Kier alpha value is -1.69. The molecule has 0 fully saturated rings. The minimum atomic E-state index is -0.310. The quantitative estimate of drug-likeness (QED) is 0.683. The van der Waals surface area contributed by atoms with E-state index in [0.717, 1.165) is 0 Å². The molecule has 0 amide bonds. The average Bonchev–Trinajstić information content (AvgIpc) is 2.53. The second-order valence-corrected chi connectivity index (χ2v) is 3.44. The summed E-state index contributed by atoms with van der Waals surface area (Å²) in [6.07, 6.45) is 0. The molecule has 0 aromatic carbocycles. The second kappa shape index (κ2) is 3.16. The molecule has 80 valence electrons. The largest absolute Gasteiger partial charge is 0.388 e. The molecule has 0 aliphatic heterocycles. The van der Waals surface area contributed by atoms with Gasteiger partial charge in [0, 0.05) is 14.1 Å². The molecule has 15 heavy (non-hydrogen) atoms. The minimum absolute atomic E-state index is 0.191. The van der Waals surface area contributed by atoms with E-state index in [1.807, 2.05) is 0 Å². The third-order valence-electron chi connectivity index (χ3n) is 2.58. The summed E-state index contributed by atoms with van der Waals surface area (Å²) in [6.45, 7) is 1.55. The Morgan fingerprint density at radius 1 is 1.27 bits per heavy atom. The van der Waals surface area contributed by atoms with Crippen LogP contribution in [-0.4, -0.2) is 24.2 Å². The number of nitrogens with zero attached hydrogens (tertiary/aromatic N) is 4. The Morgan fingerprint density at radius 2 is 1.93 bits per heavy atom. The van der Waals surface area contributed by atoms with E-state index in [1.165, 1.54) is 0 Å². The fourth-order valence-corrected chi connectivity index (χ4v) is 1.57. The monoisotopic (exact) mass is 208 g/mol. The van der Waals surface area contributed by atoms with Gasteiger partial charge in [0.1, 0.15) is 18.3 Å². The number of aliphatic hydroxyl groups excluding tert-OH is 1. The van der Waals surface area contributed by atoms with Crippen LogP contribution in [0.1, 0.15) is 11.6 Å². The molecule has 2 aromatic rings. The van der Waals surface area contributed by atoms with Gasteiger partial charge in [0.2, 0.25) is 0 Å². The highest BCUT2D eigenvalue weighted by Crippen LogP contribution is 2.10. The topological polar surface area (TPSA) is 72.9 Å². The zero-order valence-electron chi connectivity index (χ0n) is 8.85. The molecule has 0 atom stereocenters. The lowest BCUT2D eigenvalue weighted by Gasteiger charge is -2.02. The van der Waals surface area contributed by atoms with Gasteiger partial charge in [0.25, 0.3) is 5.56 Å². The van der Waals surface area contributed by atoms with Crippen LogP contribution in [0.15, 0.2) is 4.79 Å². The number of hydrogen-bond acceptors (Lipinski definition) is 4. The first-order valence-corrected chi connectivity index (χ1v) is 4.56. The lowest BCUT2D eigenvalue weighted by atomic mass is 10.5. The summed E-state index contributed by atoms with van der Waals surface area (Å²) >= 11 is 0. The number of fused-ring (bicyclic) bond motifs is 1. The standard InChI is InChI=1S/C9H12N4O2/c1-5-10-9(15)7-8(12(5)2)11-6(4-14)13(7)3/h14H,4H2,1-3H3. The van der Waals surface area contributed by atoms with Gasteiger partial charge in [-0.3, -0.25) is 4.79 Å². The van der Waals surface area contributed by atoms with Crippen LogP contribution in [-0.2, 0) is 20.7 Å². The predicted molar refractivity (Wildman–Crippen MR) is 54.4 cm³/mol. The first kappa shape index (κ1) is 9.85. The van der Waals surface area contributed by atoms with Crippen molar-refractivity contribution in [2.24, 2.45) is 14.1 Å². The van der Waals surface area contributed by atoms with Crippen LogP contribution in [0.2, 0.25) is 0 Å². The van der Waals surface area contributed by atoms with E-state index in [0.29, 0.717) is 22.8 Å². The number of rotatable bonds is 1. The van der Waals surface area contributed by atoms with E-state index < -0.39 is 0 Å². The van der Waals surface area contributed by atoms with Gasteiger partial charge < -0.3 is 14.2 Å².